The fourth-order valence-corrected chi connectivity index (χ4v) is 2.04. The number of benzene rings is 1. The first-order chi connectivity index (χ1) is 8.60. The zero-order valence-electron chi connectivity index (χ0n) is 11.9. The lowest BCUT2D eigenvalue weighted by Gasteiger charge is -2.25. The van der Waals surface area contributed by atoms with E-state index in [0.717, 1.165) is 13.1 Å². The zero-order chi connectivity index (χ0) is 13.5. The summed E-state index contributed by atoms with van der Waals surface area (Å²) in [4.78, 5) is 14.2. The number of carbonyl (C=O) groups excluding carboxylic acids is 1. The Balaban J connectivity index is 2.73. The van der Waals surface area contributed by atoms with Gasteiger partial charge in [-0.25, -0.2) is 0 Å². The first-order valence-electron chi connectivity index (χ1n) is 6.58. The summed E-state index contributed by atoms with van der Waals surface area (Å²) in [5.41, 5.74) is 2.47. The van der Waals surface area contributed by atoms with Gasteiger partial charge in [0.15, 0.2) is 0 Å². The molecule has 1 amide bonds. The van der Waals surface area contributed by atoms with Crippen LogP contribution >= 0.6 is 0 Å². The SMILES string of the molecule is CCN(Cc1ccccc1C)C(=O)C(C)CNC. The lowest BCUT2D eigenvalue weighted by molar-refractivity contribution is -0.135. The van der Waals surface area contributed by atoms with Gasteiger partial charge in [-0.3, -0.25) is 4.79 Å². The van der Waals surface area contributed by atoms with Crippen molar-refractivity contribution in [2.45, 2.75) is 27.3 Å². The van der Waals surface area contributed by atoms with E-state index in [1.165, 1.54) is 11.1 Å². The zero-order valence-corrected chi connectivity index (χ0v) is 11.9. The highest BCUT2D eigenvalue weighted by molar-refractivity contribution is 5.78. The molecule has 0 aliphatic heterocycles. The number of amides is 1. The summed E-state index contributed by atoms with van der Waals surface area (Å²) in [6, 6.07) is 8.23. The van der Waals surface area contributed by atoms with Crippen LogP contribution in [-0.2, 0) is 11.3 Å². The maximum Gasteiger partial charge on any atom is 0.226 e. The highest BCUT2D eigenvalue weighted by Gasteiger charge is 2.19. The van der Waals surface area contributed by atoms with E-state index in [-0.39, 0.29) is 11.8 Å². The minimum absolute atomic E-state index is 0.0268. The van der Waals surface area contributed by atoms with E-state index in [1.54, 1.807) is 0 Å². The lowest BCUT2D eigenvalue weighted by atomic mass is 10.1. The molecule has 1 aromatic rings. The van der Waals surface area contributed by atoms with Crippen LogP contribution in [0.5, 0.6) is 0 Å². The second-order valence-electron chi connectivity index (χ2n) is 4.74. The van der Waals surface area contributed by atoms with Gasteiger partial charge in [-0.1, -0.05) is 31.2 Å². The van der Waals surface area contributed by atoms with Crippen LogP contribution in [0.4, 0.5) is 0 Å². The Hall–Kier alpha value is -1.35. The van der Waals surface area contributed by atoms with E-state index in [0.29, 0.717) is 6.54 Å². The fraction of sp³-hybridized carbons (Fsp3) is 0.533. The molecule has 0 fully saturated rings. The van der Waals surface area contributed by atoms with Gasteiger partial charge in [0.2, 0.25) is 5.91 Å². The molecule has 3 nitrogen and oxygen atoms in total. The summed E-state index contributed by atoms with van der Waals surface area (Å²) in [6.45, 7) is 8.27. The summed E-state index contributed by atoms with van der Waals surface area (Å²) < 4.78 is 0. The molecule has 1 unspecified atom stereocenters. The molecule has 0 saturated carbocycles. The van der Waals surface area contributed by atoms with Crippen molar-refractivity contribution < 1.29 is 4.79 Å². The Morgan fingerprint density at radius 3 is 2.61 bits per heavy atom. The molecule has 1 aromatic carbocycles. The number of hydrogen-bond donors (Lipinski definition) is 1. The lowest BCUT2D eigenvalue weighted by Crippen LogP contribution is -2.38. The summed E-state index contributed by atoms with van der Waals surface area (Å²) in [5, 5.41) is 3.06. The molecule has 3 heteroatoms. The normalized spacial score (nSPS) is 12.2. The van der Waals surface area contributed by atoms with Gasteiger partial charge in [0.25, 0.3) is 0 Å². The number of rotatable bonds is 6. The van der Waals surface area contributed by atoms with E-state index in [9.17, 15) is 4.79 Å². The topological polar surface area (TPSA) is 32.3 Å². The molecule has 0 bridgehead atoms. The van der Waals surface area contributed by atoms with Crippen LogP contribution in [0.3, 0.4) is 0 Å². The van der Waals surface area contributed by atoms with Crippen molar-refractivity contribution in [3.63, 3.8) is 0 Å². The van der Waals surface area contributed by atoms with Crippen molar-refractivity contribution in [2.24, 2.45) is 5.92 Å². The van der Waals surface area contributed by atoms with E-state index in [2.05, 4.69) is 24.4 Å². The van der Waals surface area contributed by atoms with Gasteiger partial charge in [0.1, 0.15) is 0 Å². The van der Waals surface area contributed by atoms with Crippen LogP contribution in [0, 0.1) is 12.8 Å². The highest BCUT2D eigenvalue weighted by atomic mass is 16.2. The predicted octanol–water partition coefficient (Wildman–Crippen LogP) is 2.20. The molecule has 1 atom stereocenters. The van der Waals surface area contributed by atoms with Gasteiger partial charge in [-0.05, 0) is 32.0 Å². The van der Waals surface area contributed by atoms with Gasteiger partial charge in [-0.15, -0.1) is 0 Å². The Morgan fingerprint density at radius 2 is 2.06 bits per heavy atom. The average molecular weight is 248 g/mol. The van der Waals surface area contributed by atoms with Crippen LogP contribution in [0.1, 0.15) is 25.0 Å². The molecule has 100 valence electrons. The van der Waals surface area contributed by atoms with E-state index in [4.69, 9.17) is 0 Å². The second kappa shape index (κ2) is 7.17. The summed E-state index contributed by atoms with van der Waals surface area (Å²) >= 11 is 0. The van der Waals surface area contributed by atoms with Crippen molar-refractivity contribution in [2.75, 3.05) is 20.1 Å². The first kappa shape index (κ1) is 14.7. The number of nitrogens with zero attached hydrogens (tertiary/aromatic N) is 1. The third kappa shape index (κ3) is 3.84. The van der Waals surface area contributed by atoms with Crippen molar-refractivity contribution in [1.82, 2.24) is 10.2 Å². The monoisotopic (exact) mass is 248 g/mol. The molecule has 18 heavy (non-hydrogen) atoms. The maximum absolute atomic E-state index is 12.3. The molecule has 0 spiro atoms. The predicted molar refractivity (Wildman–Crippen MR) is 75.4 cm³/mol. The van der Waals surface area contributed by atoms with Crippen LogP contribution in [0.25, 0.3) is 0 Å². The Labute approximate surface area is 110 Å². The van der Waals surface area contributed by atoms with Gasteiger partial charge >= 0.3 is 0 Å². The van der Waals surface area contributed by atoms with Crippen LogP contribution in [-0.4, -0.2) is 30.9 Å². The number of hydrogen-bond acceptors (Lipinski definition) is 2. The van der Waals surface area contributed by atoms with Crippen molar-refractivity contribution in [3.8, 4) is 0 Å². The van der Waals surface area contributed by atoms with Crippen molar-refractivity contribution in [1.29, 1.82) is 0 Å². The maximum atomic E-state index is 12.3. The van der Waals surface area contributed by atoms with E-state index < -0.39 is 0 Å². The minimum Gasteiger partial charge on any atom is -0.338 e. The number of nitrogens with one attached hydrogen (secondary N) is 1. The van der Waals surface area contributed by atoms with E-state index >= 15 is 0 Å². The molecule has 0 aliphatic rings. The van der Waals surface area contributed by atoms with Gasteiger partial charge < -0.3 is 10.2 Å². The van der Waals surface area contributed by atoms with Crippen molar-refractivity contribution in [3.05, 3.63) is 35.4 Å². The highest BCUT2D eigenvalue weighted by Crippen LogP contribution is 2.12. The third-order valence-electron chi connectivity index (χ3n) is 3.25. The van der Waals surface area contributed by atoms with E-state index in [1.807, 2.05) is 37.9 Å². The van der Waals surface area contributed by atoms with Gasteiger partial charge in [0.05, 0.1) is 0 Å². The fourth-order valence-electron chi connectivity index (χ4n) is 2.04. The largest absolute Gasteiger partial charge is 0.338 e. The molecule has 1 rings (SSSR count). The molecule has 0 aromatic heterocycles. The molecule has 0 heterocycles. The summed E-state index contributed by atoms with van der Waals surface area (Å²) in [6.07, 6.45) is 0. The Bertz CT molecular complexity index is 390. The van der Waals surface area contributed by atoms with Crippen LogP contribution in [0.15, 0.2) is 24.3 Å². The number of carbonyl (C=O) groups is 1. The molecule has 0 aliphatic carbocycles. The third-order valence-corrected chi connectivity index (χ3v) is 3.25. The smallest absolute Gasteiger partial charge is 0.226 e. The van der Waals surface area contributed by atoms with Crippen LogP contribution in [0.2, 0.25) is 0 Å². The Morgan fingerprint density at radius 1 is 1.39 bits per heavy atom. The Kier molecular flexibility index (Phi) is 5.86. The standard InChI is InChI=1S/C15H24N2O/c1-5-17(15(18)13(3)10-16-4)11-14-9-7-6-8-12(14)2/h6-9,13,16H,5,10-11H2,1-4H3. The second-order valence-corrected chi connectivity index (χ2v) is 4.74. The molecular formula is C15H24N2O. The molecular weight excluding hydrogens is 224 g/mol. The minimum atomic E-state index is 0.0268. The molecule has 0 saturated heterocycles. The van der Waals surface area contributed by atoms with Gasteiger partial charge in [-0.2, -0.15) is 0 Å². The van der Waals surface area contributed by atoms with Gasteiger partial charge in [0, 0.05) is 25.6 Å². The molecule has 0 radical (unpaired) electrons. The quantitative estimate of drug-likeness (QED) is 0.837. The summed E-state index contributed by atoms with van der Waals surface area (Å²) in [5.74, 6) is 0.245. The average Bonchev–Trinajstić information content (AvgIpc) is 2.37. The van der Waals surface area contributed by atoms with Crippen LogP contribution < -0.4 is 5.32 Å². The van der Waals surface area contributed by atoms with Crippen molar-refractivity contribution >= 4 is 5.91 Å². The summed E-state index contributed by atoms with van der Waals surface area (Å²) in [7, 11) is 1.88. The number of aryl methyl sites for hydroxylation is 1. The first-order valence-corrected chi connectivity index (χ1v) is 6.58. The molecule has 1 N–H and O–H groups in total.